The molecule has 24 heavy (non-hydrogen) atoms. The van der Waals surface area contributed by atoms with Crippen molar-refractivity contribution in [3.63, 3.8) is 0 Å². The molecule has 0 aromatic heterocycles. The molecular formula is C14H34N2O6P2. The molecule has 0 aromatic rings. The molecule has 0 amide bonds. The zero-order valence-electron chi connectivity index (χ0n) is 15.4. The predicted molar refractivity (Wildman–Crippen MR) is 96.2 cm³/mol. The Morgan fingerprint density at radius 2 is 0.875 bits per heavy atom. The van der Waals surface area contributed by atoms with Gasteiger partial charge in [-0.15, -0.1) is 0 Å². The van der Waals surface area contributed by atoms with Crippen LogP contribution in [0.5, 0.6) is 0 Å². The Labute approximate surface area is 146 Å². The standard InChI is InChI=1S/C14H34N2O6P2/c1-5-19-23(17,20-6-2)15-13-11-9-10-12-14-16-24(18,21-7-3)22-8-4/h5-14H2,1-4H3,(H,15,17)(H,16,18). The van der Waals surface area contributed by atoms with Gasteiger partial charge >= 0.3 is 15.5 Å². The Morgan fingerprint density at radius 3 is 1.12 bits per heavy atom. The van der Waals surface area contributed by atoms with E-state index in [0.717, 1.165) is 25.7 Å². The van der Waals surface area contributed by atoms with E-state index in [4.69, 9.17) is 18.1 Å². The van der Waals surface area contributed by atoms with Crippen LogP contribution in [-0.2, 0) is 27.2 Å². The fraction of sp³-hybridized carbons (Fsp3) is 1.00. The second-order valence-corrected chi connectivity index (χ2v) is 8.55. The molecule has 8 nitrogen and oxygen atoms in total. The Balaban J connectivity index is 3.79. The average molecular weight is 388 g/mol. The Hall–Kier alpha value is 0.220. The van der Waals surface area contributed by atoms with Gasteiger partial charge in [-0.05, 0) is 40.5 Å². The first-order chi connectivity index (χ1) is 11.4. The molecule has 0 saturated heterocycles. The lowest BCUT2D eigenvalue weighted by molar-refractivity contribution is 0.209. The molecule has 0 atom stereocenters. The number of unbranched alkanes of at least 4 members (excludes halogenated alkanes) is 3. The van der Waals surface area contributed by atoms with Gasteiger partial charge in [0.1, 0.15) is 0 Å². The predicted octanol–water partition coefficient (Wildman–Crippen LogP) is 4.09. The lowest BCUT2D eigenvalue weighted by atomic mass is 10.2. The Kier molecular flexibility index (Phi) is 14.5. The lowest BCUT2D eigenvalue weighted by Gasteiger charge is -2.18. The van der Waals surface area contributed by atoms with Crippen molar-refractivity contribution in [1.29, 1.82) is 0 Å². The van der Waals surface area contributed by atoms with Crippen molar-refractivity contribution >= 4 is 15.5 Å². The van der Waals surface area contributed by atoms with Crippen LogP contribution >= 0.6 is 15.5 Å². The zero-order chi connectivity index (χ0) is 18.3. The van der Waals surface area contributed by atoms with Crippen molar-refractivity contribution in [2.45, 2.75) is 53.4 Å². The van der Waals surface area contributed by atoms with Gasteiger partial charge in [-0.25, -0.2) is 19.3 Å². The van der Waals surface area contributed by atoms with Crippen molar-refractivity contribution in [2.75, 3.05) is 39.5 Å². The molecule has 0 radical (unpaired) electrons. The second-order valence-electron chi connectivity index (χ2n) is 4.90. The molecule has 0 saturated carbocycles. The van der Waals surface area contributed by atoms with Gasteiger partial charge in [0.25, 0.3) is 0 Å². The molecule has 146 valence electrons. The molecule has 0 aliphatic heterocycles. The molecule has 0 unspecified atom stereocenters. The van der Waals surface area contributed by atoms with Gasteiger partial charge in [-0.3, -0.25) is 18.1 Å². The summed E-state index contributed by atoms with van der Waals surface area (Å²) < 4.78 is 44.9. The summed E-state index contributed by atoms with van der Waals surface area (Å²) >= 11 is 0. The zero-order valence-corrected chi connectivity index (χ0v) is 17.2. The summed E-state index contributed by atoms with van der Waals surface area (Å²) in [5, 5.41) is 5.72. The van der Waals surface area contributed by atoms with E-state index in [1.165, 1.54) is 0 Å². The summed E-state index contributed by atoms with van der Waals surface area (Å²) in [5.41, 5.74) is 0. The van der Waals surface area contributed by atoms with E-state index in [-0.39, 0.29) is 0 Å². The van der Waals surface area contributed by atoms with Crippen LogP contribution < -0.4 is 10.2 Å². The van der Waals surface area contributed by atoms with E-state index in [1.54, 1.807) is 27.7 Å². The fourth-order valence-corrected chi connectivity index (χ4v) is 4.71. The van der Waals surface area contributed by atoms with Gasteiger partial charge in [0, 0.05) is 13.1 Å². The van der Waals surface area contributed by atoms with Crippen LogP contribution in [0.25, 0.3) is 0 Å². The Morgan fingerprint density at radius 1 is 0.583 bits per heavy atom. The smallest absolute Gasteiger partial charge is 0.297 e. The molecule has 2 N–H and O–H groups in total. The fourth-order valence-electron chi connectivity index (χ4n) is 1.97. The van der Waals surface area contributed by atoms with Crippen LogP contribution in [0.1, 0.15) is 53.4 Å². The minimum Gasteiger partial charge on any atom is -0.297 e. The highest BCUT2D eigenvalue weighted by Crippen LogP contribution is 2.43. The molecule has 0 aliphatic carbocycles. The minimum absolute atomic E-state index is 0.343. The first-order valence-corrected chi connectivity index (χ1v) is 11.8. The van der Waals surface area contributed by atoms with Crippen LogP contribution in [0.2, 0.25) is 0 Å². The van der Waals surface area contributed by atoms with Crippen molar-refractivity contribution in [3.8, 4) is 0 Å². The monoisotopic (exact) mass is 388 g/mol. The summed E-state index contributed by atoms with van der Waals surface area (Å²) in [6.45, 7) is 9.64. The third-order valence-corrected chi connectivity index (χ3v) is 6.52. The SMILES string of the molecule is CCOP(=O)(NCCCCCCNP(=O)(OCC)OCC)OCC. The van der Waals surface area contributed by atoms with Crippen LogP contribution in [0, 0.1) is 0 Å². The molecule has 10 heteroatoms. The van der Waals surface area contributed by atoms with Crippen molar-refractivity contribution in [1.82, 2.24) is 10.2 Å². The Bertz CT molecular complexity index is 341. The van der Waals surface area contributed by atoms with Gasteiger partial charge < -0.3 is 0 Å². The van der Waals surface area contributed by atoms with Crippen LogP contribution in [-0.4, -0.2) is 39.5 Å². The summed E-state index contributed by atoms with van der Waals surface area (Å²) in [4.78, 5) is 0. The summed E-state index contributed by atoms with van der Waals surface area (Å²) in [6.07, 6.45) is 3.64. The summed E-state index contributed by atoms with van der Waals surface area (Å²) in [6, 6.07) is 0. The van der Waals surface area contributed by atoms with Gasteiger partial charge in [0.15, 0.2) is 0 Å². The van der Waals surface area contributed by atoms with E-state index in [0.29, 0.717) is 39.5 Å². The van der Waals surface area contributed by atoms with Gasteiger partial charge in [0.2, 0.25) is 0 Å². The topological polar surface area (TPSA) is 95.1 Å². The van der Waals surface area contributed by atoms with Gasteiger partial charge in [-0.1, -0.05) is 12.8 Å². The number of hydrogen-bond donors (Lipinski definition) is 2. The minimum atomic E-state index is -3.15. The summed E-state index contributed by atoms with van der Waals surface area (Å²) in [5.74, 6) is 0. The van der Waals surface area contributed by atoms with E-state index >= 15 is 0 Å². The third-order valence-electron chi connectivity index (χ3n) is 2.91. The summed E-state index contributed by atoms with van der Waals surface area (Å²) in [7, 11) is -6.30. The van der Waals surface area contributed by atoms with Gasteiger partial charge in [-0.2, -0.15) is 0 Å². The van der Waals surface area contributed by atoms with Gasteiger partial charge in [0.05, 0.1) is 26.4 Å². The molecule has 0 rings (SSSR count). The maximum atomic E-state index is 12.2. The van der Waals surface area contributed by atoms with Crippen molar-refractivity contribution in [3.05, 3.63) is 0 Å². The first-order valence-electron chi connectivity index (χ1n) is 8.73. The van der Waals surface area contributed by atoms with E-state index in [9.17, 15) is 9.13 Å². The number of hydrogen-bond acceptors (Lipinski definition) is 6. The maximum absolute atomic E-state index is 12.2. The average Bonchev–Trinajstić information content (AvgIpc) is 2.51. The molecule has 0 heterocycles. The molecular weight excluding hydrogens is 354 g/mol. The van der Waals surface area contributed by atoms with Crippen molar-refractivity contribution < 1.29 is 27.2 Å². The molecule has 0 fully saturated rings. The molecule has 0 bridgehead atoms. The quantitative estimate of drug-likeness (QED) is 0.284. The van der Waals surface area contributed by atoms with Crippen LogP contribution in [0.3, 0.4) is 0 Å². The molecule has 0 aliphatic rings. The maximum Gasteiger partial charge on any atom is 0.405 e. The second kappa shape index (κ2) is 14.4. The van der Waals surface area contributed by atoms with E-state index in [2.05, 4.69) is 10.2 Å². The highest BCUT2D eigenvalue weighted by molar-refractivity contribution is 7.51. The highest BCUT2D eigenvalue weighted by atomic mass is 31.2. The lowest BCUT2D eigenvalue weighted by Crippen LogP contribution is -2.17. The van der Waals surface area contributed by atoms with E-state index in [1.807, 2.05) is 0 Å². The van der Waals surface area contributed by atoms with Crippen molar-refractivity contribution in [2.24, 2.45) is 0 Å². The number of nitrogens with one attached hydrogen (secondary N) is 2. The highest BCUT2D eigenvalue weighted by Gasteiger charge is 2.23. The third kappa shape index (κ3) is 11.7. The number of rotatable bonds is 17. The van der Waals surface area contributed by atoms with Crippen LogP contribution in [0.15, 0.2) is 0 Å². The first kappa shape index (κ1) is 24.2. The normalized spacial score (nSPS) is 12.7. The largest absolute Gasteiger partial charge is 0.405 e. The molecule has 0 spiro atoms. The van der Waals surface area contributed by atoms with E-state index < -0.39 is 15.5 Å². The van der Waals surface area contributed by atoms with Crippen LogP contribution in [0.4, 0.5) is 0 Å². The molecule has 0 aromatic carbocycles.